The number of thioether (sulfide) groups is 1. The van der Waals surface area contributed by atoms with Crippen molar-refractivity contribution in [1.82, 2.24) is 9.55 Å². The summed E-state index contributed by atoms with van der Waals surface area (Å²) in [6.07, 6.45) is 0.704. The van der Waals surface area contributed by atoms with Gasteiger partial charge in [0.2, 0.25) is 5.91 Å². The quantitative estimate of drug-likeness (QED) is 0.282. The number of anilines is 1. The van der Waals surface area contributed by atoms with Crippen LogP contribution in [0.15, 0.2) is 58.5 Å². The molecule has 164 valence electrons. The second-order valence-electron chi connectivity index (χ2n) is 7.53. The molecule has 1 amide bonds. The van der Waals surface area contributed by atoms with Crippen molar-refractivity contribution < 1.29 is 9.53 Å². The molecule has 7 heteroatoms. The van der Waals surface area contributed by atoms with Gasteiger partial charge in [-0.25, -0.2) is 4.98 Å². The van der Waals surface area contributed by atoms with Gasteiger partial charge in [-0.1, -0.05) is 49.9 Å². The maximum Gasteiger partial charge on any atom is 0.262 e. The minimum Gasteiger partial charge on any atom is -0.382 e. The third-order valence-corrected chi connectivity index (χ3v) is 5.87. The Hall–Kier alpha value is -2.64. The Morgan fingerprint density at radius 2 is 1.90 bits per heavy atom. The number of nitrogens with one attached hydrogen (secondary N) is 1. The molecule has 3 aromatic rings. The summed E-state index contributed by atoms with van der Waals surface area (Å²) >= 11 is 1.27. The summed E-state index contributed by atoms with van der Waals surface area (Å²) in [5.41, 5.74) is 2.54. The lowest BCUT2D eigenvalue weighted by Crippen LogP contribution is -2.25. The van der Waals surface area contributed by atoms with Crippen LogP contribution in [0.1, 0.15) is 38.7 Å². The second-order valence-corrected chi connectivity index (χ2v) is 8.47. The Morgan fingerprint density at radius 3 is 2.61 bits per heavy atom. The predicted molar refractivity (Wildman–Crippen MR) is 127 cm³/mol. The zero-order chi connectivity index (χ0) is 22.2. The van der Waals surface area contributed by atoms with Crippen LogP contribution in [0, 0.1) is 0 Å². The highest BCUT2D eigenvalue weighted by Gasteiger charge is 2.13. The maximum atomic E-state index is 13.0. The normalized spacial score (nSPS) is 11.2. The third kappa shape index (κ3) is 6.18. The van der Waals surface area contributed by atoms with Crippen LogP contribution >= 0.6 is 11.8 Å². The average Bonchev–Trinajstić information content (AvgIpc) is 2.77. The Kier molecular flexibility index (Phi) is 8.26. The van der Waals surface area contributed by atoms with E-state index in [1.54, 1.807) is 10.6 Å². The summed E-state index contributed by atoms with van der Waals surface area (Å²) < 4.78 is 7.05. The van der Waals surface area contributed by atoms with Crippen LogP contribution in [0.5, 0.6) is 0 Å². The van der Waals surface area contributed by atoms with Gasteiger partial charge in [0.25, 0.3) is 5.56 Å². The van der Waals surface area contributed by atoms with Crippen LogP contribution in [0.25, 0.3) is 10.9 Å². The number of carbonyl (C=O) groups is 1. The van der Waals surface area contributed by atoms with Gasteiger partial charge >= 0.3 is 0 Å². The molecule has 0 atom stereocenters. The lowest BCUT2D eigenvalue weighted by atomic mass is 10.0. The first-order chi connectivity index (χ1) is 15.0. The molecule has 0 unspecified atom stereocenters. The highest BCUT2D eigenvalue weighted by atomic mass is 32.2. The molecular weight excluding hydrogens is 410 g/mol. The molecule has 0 bridgehead atoms. The number of amides is 1. The van der Waals surface area contributed by atoms with Gasteiger partial charge in [-0.3, -0.25) is 14.2 Å². The molecule has 0 aliphatic heterocycles. The van der Waals surface area contributed by atoms with E-state index in [9.17, 15) is 9.59 Å². The van der Waals surface area contributed by atoms with E-state index in [4.69, 9.17) is 4.74 Å². The van der Waals surface area contributed by atoms with Gasteiger partial charge in [-0.2, -0.15) is 0 Å². The number of ether oxygens (including phenoxy) is 1. The van der Waals surface area contributed by atoms with Crippen molar-refractivity contribution in [3.63, 3.8) is 0 Å². The van der Waals surface area contributed by atoms with E-state index >= 15 is 0 Å². The largest absolute Gasteiger partial charge is 0.382 e. The number of aromatic nitrogens is 2. The molecule has 1 heterocycles. The van der Waals surface area contributed by atoms with Crippen LogP contribution in [-0.4, -0.2) is 34.4 Å². The monoisotopic (exact) mass is 439 g/mol. The summed E-state index contributed by atoms with van der Waals surface area (Å²) in [7, 11) is 0. The van der Waals surface area contributed by atoms with E-state index < -0.39 is 0 Å². The molecule has 0 aliphatic carbocycles. The molecule has 1 aromatic heterocycles. The summed E-state index contributed by atoms with van der Waals surface area (Å²) in [5.74, 6) is 0.478. The van der Waals surface area contributed by atoms with E-state index in [1.165, 1.54) is 17.3 Å². The minimum atomic E-state index is -0.134. The molecule has 1 N–H and O–H groups in total. The molecule has 0 saturated carbocycles. The van der Waals surface area contributed by atoms with Crippen molar-refractivity contribution in [3.05, 3.63) is 64.4 Å². The van der Waals surface area contributed by atoms with Crippen LogP contribution in [0.2, 0.25) is 0 Å². The smallest absolute Gasteiger partial charge is 0.262 e. The fourth-order valence-corrected chi connectivity index (χ4v) is 4.03. The maximum absolute atomic E-state index is 13.0. The van der Waals surface area contributed by atoms with Crippen LogP contribution in [-0.2, 0) is 16.1 Å². The van der Waals surface area contributed by atoms with Gasteiger partial charge in [0, 0.05) is 25.4 Å². The molecule has 0 radical (unpaired) electrons. The van der Waals surface area contributed by atoms with Crippen LogP contribution in [0.3, 0.4) is 0 Å². The molecule has 0 saturated heterocycles. The van der Waals surface area contributed by atoms with Crippen molar-refractivity contribution >= 4 is 34.3 Å². The Bertz CT molecular complexity index is 1080. The fourth-order valence-electron chi connectivity index (χ4n) is 3.20. The van der Waals surface area contributed by atoms with Crippen molar-refractivity contribution in [3.8, 4) is 0 Å². The summed E-state index contributed by atoms with van der Waals surface area (Å²) in [4.78, 5) is 30.2. The summed E-state index contributed by atoms with van der Waals surface area (Å²) in [5, 5.41) is 4.04. The zero-order valence-corrected chi connectivity index (χ0v) is 19.1. The van der Waals surface area contributed by atoms with Gasteiger partial charge in [0.05, 0.1) is 16.7 Å². The Morgan fingerprint density at radius 1 is 1.16 bits per heavy atom. The molecule has 0 fully saturated rings. The van der Waals surface area contributed by atoms with Crippen molar-refractivity contribution in [2.45, 2.75) is 44.8 Å². The van der Waals surface area contributed by atoms with Gasteiger partial charge in [-0.15, -0.1) is 0 Å². The zero-order valence-electron chi connectivity index (χ0n) is 18.3. The highest BCUT2D eigenvalue weighted by molar-refractivity contribution is 7.99. The van der Waals surface area contributed by atoms with Crippen LogP contribution < -0.4 is 10.9 Å². The van der Waals surface area contributed by atoms with Crippen LogP contribution in [0.4, 0.5) is 5.69 Å². The van der Waals surface area contributed by atoms with E-state index in [0.29, 0.717) is 48.2 Å². The van der Waals surface area contributed by atoms with E-state index in [2.05, 4.69) is 24.1 Å². The van der Waals surface area contributed by atoms with E-state index in [-0.39, 0.29) is 17.2 Å². The topological polar surface area (TPSA) is 73.2 Å². The lowest BCUT2D eigenvalue weighted by Gasteiger charge is -2.13. The van der Waals surface area contributed by atoms with Gasteiger partial charge in [0.15, 0.2) is 5.16 Å². The summed E-state index contributed by atoms with van der Waals surface area (Å²) in [6, 6.07) is 15.2. The molecule has 0 aliphatic rings. The number of benzene rings is 2. The molecule has 3 rings (SSSR count). The second kappa shape index (κ2) is 11.1. The SMILES string of the molecule is CCOCCCn1c(SCC(=O)Nc2ccc(C(C)C)cc2)nc2ccccc2c1=O. The van der Waals surface area contributed by atoms with Gasteiger partial charge in [0.1, 0.15) is 0 Å². The first kappa shape index (κ1) is 23.0. The number of fused-ring (bicyclic) bond motifs is 1. The molecule has 31 heavy (non-hydrogen) atoms. The molecule has 2 aromatic carbocycles. The lowest BCUT2D eigenvalue weighted by molar-refractivity contribution is -0.113. The fraction of sp³-hybridized carbons (Fsp3) is 0.375. The van der Waals surface area contributed by atoms with Gasteiger partial charge in [-0.05, 0) is 49.1 Å². The van der Waals surface area contributed by atoms with Gasteiger partial charge < -0.3 is 10.1 Å². The Balaban J connectivity index is 1.72. The molecule has 0 spiro atoms. The molecule has 6 nitrogen and oxygen atoms in total. The van der Waals surface area contributed by atoms with Crippen molar-refractivity contribution in [2.75, 3.05) is 24.3 Å². The first-order valence-corrected chi connectivity index (χ1v) is 11.6. The predicted octanol–water partition coefficient (Wildman–Crippen LogP) is 4.68. The molecular formula is C24H29N3O3S. The third-order valence-electron chi connectivity index (χ3n) is 4.89. The van der Waals surface area contributed by atoms with Crippen molar-refractivity contribution in [1.29, 1.82) is 0 Å². The average molecular weight is 440 g/mol. The Labute approximate surface area is 187 Å². The van der Waals surface area contributed by atoms with E-state index in [1.807, 2.05) is 49.4 Å². The number of hydrogen-bond donors (Lipinski definition) is 1. The number of rotatable bonds is 10. The number of carbonyl (C=O) groups excluding carboxylic acids is 1. The standard InChI is InChI=1S/C24H29N3O3S/c1-4-30-15-7-14-27-23(29)20-8-5-6-9-21(20)26-24(27)31-16-22(28)25-19-12-10-18(11-13-19)17(2)3/h5-6,8-13,17H,4,7,14-16H2,1-3H3,(H,25,28). The van der Waals surface area contributed by atoms with E-state index in [0.717, 1.165) is 5.69 Å². The first-order valence-electron chi connectivity index (χ1n) is 10.6. The number of nitrogens with zero attached hydrogens (tertiary/aromatic N) is 2. The highest BCUT2D eigenvalue weighted by Crippen LogP contribution is 2.20. The minimum absolute atomic E-state index is 0.0886. The van der Waals surface area contributed by atoms with Crippen molar-refractivity contribution in [2.24, 2.45) is 0 Å². The number of hydrogen-bond acceptors (Lipinski definition) is 5. The summed E-state index contributed by atoms with van der Waals surface area (Å²) in [6.45, 7) is 7.93. The number of para-hydroxylation sites is 1.